The molecule has 0 bridgehead atoms. The number of halogens is 1. The van der Waals surface area contributed by atoms with E-state index in [4.69, 9.17) is 17.3 Å². The van der Waals surface area contributed by atoms with Crippen LogP contribution in [-0.4, -0.2) is 20.2 Å². The Kier molecular flexibility index (Phi) is 3.12. The summed E-state index contributed by atoms with van der Waals surface area (Å²) in [7, 11) is 0. The molecule has 0 saturated carbocycles. The minimum atomic E-state index is 0.633. The Hall–Kier alpha value is -2.40. The van der Waals surface area contributed by atoms with Gasteiger partial charge in [0.05, 0.1) is 5.69 Å². The van der Waals surface area contributed by atoms with E-state index in [0.717, 1.165) is 16.8 Å². The predicted molar refractivity (Wildman–Crippen MR) is 78.7 cm³/mol. The van der Waals surface area contributed by atoms with Crippen LogP contribution in [0.25, 0.3) is 17.1 Å². The first-order valence-corrected chi connectivity index (χ1v) is 6.44. The van der Waals surface area contributed by atoms with Crippen molar-refractivity contribution in [3.8, 4) is 17.1 Å². The van der Waals surface area contributed by atoms with Crippen molar-refractivity contribution in [2.75, 3.05) is 5.73 Å². The third-order valence-electron chi connectivity index (χ3n) is 3.14. The maximum atomic E-state index is 6.01. The number of aromatic nitrogens is 4. The molecule has 0 radical (unpaired) electrons. The number of tetrazole rings is 1. The minimum Gasteiger partial charge on any atom is -0.398 e. The summed E-state index contributed by atoms with van der Waals surface area (Å²) in [4.78, 5) is 0. The topological polar surface area (TPSA) is 69.6 Å². The second-order valence-electron chi connectivity index (χ2n) is 4.41. The van der Waals surface area contributed by atoms with Crippen molar-refractivity contribution >= 4 is 17.3 Å². The molecular weight excluding hydrogens is 274 g/mol. The zero-order chi connectivity index (χ0) is 14.1. The monoisotopic (exact) mass is 285 g/mol. The van der Waals surface area contributed by atoms with Gasteiger partial charge in [-0.3, -0.25) is 0 Å². The van der Waals surface area contributed by atoms with Crippen LogP contribution < -0.4 is 5.73 Å². The lowest BCUT2D eigenvalue weighted by Gasteiger charge is -2.09. The number of nitrogens with two attached hydrogens (primary N) is 1. The molecular formula is C14H12ClN5. The van der Waals surface area contributed by atoms with Crippen LogP contribution in [0.2, 0.25) is 5.02 Å². The molecule has 100 valence electrons. The highest BCUT2D eigenvalue weighted by molar-refractivity contribution is 6.30. The van der Waals surface area contributed by atoms with Crippen LogP contribution in [0.3, 0.4) is 0 Å². The van der Waals surface area contributed by atoms with Crippen molar-refractivity contribution in [3.05, 3.63) is 53.1 Å². The van der Waals surface area contributed by atoms with Crippen LogP contribution in [0, 0.1) is 6.92 Å². The largest absolute Gasteiger partial charge is 0.398 e. The Morgan fingerprint density at radius 3 is 2.75 bits per heavy atom. The van der Waals surface area contributed by atoms with Crippen LogP contribution >= 0.6 is 11.6 Å². The van der Waals surface area contributed by atoms with E-state index in [0.29, 0.717) is 16.5 Å². The van der Waals surface area contributed by atoms with E-state index >= 15 is 0 Å². The molecule has 5 nitrogen and oxygen atoms in total. The summed E-state index contributed by atoms with van der Waals surface area (Å²) in [6.07, 6.45) is 0. The van der Waals surface area contributed by atoms with Crippen LogP contribution in [0.4, 0.5) is 5.69 Å². The van der Waals surface area contributed by atoms with Crippen molar-refractivity contribution in [1.82, 2.24) is 20.2 Å². The highest BCUT2D eigenvalue weighted by atomic mass is 35.5. The van der Waals surface area contributed by atoms with E-state index in [1.165, 1.54) is 0 Å². The van der Waals surface area contributed by atoms with Gasteiger partial charge in [-0.05, 0) is 47.2 Å². The summed E-state index contributed by atoms with van der Waals surface area (Å²) >= 11 is 6.01. The Bertz CT molecular complexity index is 766. The van der Waals surface area contributed by atoms with Gasteiger partial charge in [0.15, 0.2) is 5.82 Å². The van der Waals surface area contributed by atoms with Gasteiger partial charge < -0.3 is 5.73 Å². The number of anilines is 1. The van der Waals surface area contributed by atoms with Gasteiger partial charge in [-0.25, -0.2) is 0 Å². The number of rotatable bonds is 2. The molecule has 1 aromatic heterocycles. The lowest BCUT2D eigenvalue weighted by molar-refractivity contribution is 0.791. The van der Waals surface area contributed by atoms with Gasteiger partial charge in [0.1, 0.15) is 0 Å². The number of nitrogen functional groups attached to an aromatic ring is 1. The Labute approximate surface area is 121 Å². The molecule has 0 spiro atoms. The average molecular weight is 286 g/mol. The third kappa shape index (κ3) is 2.12. The van der Waals surface area contributed by atoms with Crippen molar-refractivity contribution < 1.29 is 0 Å². The molecule has 2 N–H and O–H groups in total. The van der Waals surface area contributed by atoms with Gasteiger partial charge >= 0.3 is 0 Å². The number of hydrogen-bond acceptors (Lipinski definition) is 4. The maximum Gasteiger partial charge on any atom is 0.187 e. The summed E-state index contributed by atoms with van der Waals surface area (Å²) in [5.41, 5.74) is 9.30. The molecule has 6 heteroatoms. The van der Waals surface area contributed by atoms with E-state index in [2.05, 4.69) is 15.5 Å². The smallest absolute Gasteiger partial charge is 0.187 e. The van der Waals surface area contributed by atoms with Gasteiger partial charge in [0, 0.05) is 16.3 Å². The molecule has 3 rings (SSSR count). The molecule has 3 aromatic rings. The molecule has 0 aliphatic rings. The van der Waals surface area contributed by atoms with Crippen molar-refractivity contribution in [2.45, 2.75) is 6.92 Å². The van der Waals surface area contributed by atoms with E-state index in [-0.39, 0.29) is 0 Å². The average Bonchev–Trinajstić information content (AvgIpc) is 2.91. The van der Waals surface area contributed by atoms with Crippen LogP contribution in [0.15, 0.2) is 42.5 Å². The van der Waals surface area contributed by atoms with Gasteiger partial charge in [-0.2, -0.15) is 4.68 Å². The van der Waals surface area contributed by atoms with Gasteiger partial charge in [0.2, 0.25) is 0 Å². The van der Waals surface area contributed by atoms with Crippen LogP contribution in [0.5, 0.6) is 0 Å². The summed E-state index contributed by atoms with van der Waals surface area (Å²) in [5.74, 6) is 0.636. The molecule has 1 heterocycles. The fraction of sp³-hybridized carbons (Fsp3) is 0.0714. The highest BCUT2D eigenvalue weighted by Gasteiger charge is 2.14. The Morgan fingerprint density at radius 1 is 1.15 bits per heavy atom. The second kappa shape index (κ2) is 4.94. The van der Waals surface area contributed by atoms with Crippen molar-refractivity contribution in [3.63, 3.8) is 0 Å². The third-order valence-corrected chi connectivity index (χ3v) is 3.37. The predicted octanol–water partition coefficient (Wildman–Crippen LogP) is 2.87. The highest BCUT2D eigenvalue weighted by Crippen LogP contribution is 2.26. The van der Waals surface area contributed by atoms with E-state index < -0.39 is 0 Å². The summed E-state index contributed by atoms with van der Waals surface area (Å²) < 4.78 is 1.65. The lowest BCUT2D eigenvalue weighted by atomic mass is 10.1. The first kappa shape index (κ1) is 12.6. The number of benzene rings is 2. The normalized spacial score (nSPS) is 10.7. The SMILES string of the molecule is Cc1c(N)cccc1-c1nnnn1-c1cccc(Cl)c1. The van der Waals surface area contributed by atoms with Crippen molar-refractivity contribution in [2.24, 2.45) is 0 Å². The molecule has 0 atom stereocenters. The van der Waals surface area contributed by atoms with E-state index in [1.54, 1.807) is 10.7 Å². The molecule has 0 saturated heterocycles. The zero-order valence-corrected chi connectivity index (χ0v) is 11.5. The molecule has 0 aliphatic carbocycles. The first-order valence-electron chi connectivity index (χ1n) is 6.06. The zero-order valence-electron chi connectivity index (χ0n) is 10.8. The van der Waals surface area contributed by atoms with Gasteiger partial charge in [-0.1, -0.05) is 29.8 Å². The fourth-order valence-electron chi connectivity index (χ4n) is 2.03. The van der Waals surface area contributed by atoms with Crippen molar-refractivity contribution in [1.29, 1.82) is 0 Å². The Morgan fingerprint density at radius 2 is 1.95 bits per heavy atom. The Balaban J connectivity index is 2.18. The first-order chi connectivity index (χ1) is 9.66. The second-order valence-corrected chi connectivity index (χ2v) is 4.85. The number of nitrogens with zero attached hydrogens (tertiary/aromatic N) is 4. The standard InChI is InChI=1S/C14H12ClN5/c1-9-12(6-3-7-13(9)16)14-17-18-19-20(14)11-5-2-4-10(15)8-11/h2-8H,16H2,1H3. The number of hydrogen-bond donors (Lipinski definition) is 1. The lowest BCUT2D eigenvalue weighted by Crippen LogP contribution is -2.01. The van der Waals surface area contributed by atoms with Gasteiger partial charge in [0.25, 0.3) is 0 Å². The molecule has 0 fully saturated rings. The van der Waals surface area contributed by atoms with Crippen LogP contribution in [0.1, 0.15) is 5.56 Å². The van der Waals surface area contributed by atoms with E-state index in [1.807, 2.05) is 43.3 Å². The fourth-order valence-corrected chi connectivity index (χ4v) is 2.22. The molecule has 0 aliphatic heterocycles. The molecule has 20 heavy (non-hydrogen) atoms. The maximum absolute atomic E-state index is 6.01. The molecule has 0 unspecified atom stereocenters. The summed E-state index contributed by atoms with van der Waals surface area (Å²) in [6, 6.07) is 13.0. The summed E-state index contributed by atoms with van der Waals surface area (Å²) in [6.45, 7) is 1.95. The quantitative estimate of drug-likeness (QED) is 0.735. The van der Waals surface area contributed by atoms with Gasteiger partial charge in [-0.15, -0.1) is 5.10 Å². The molecule has 2 aromatic carbocycles. The minimum absolute atomic E-state index is 0.633. The molecule has 0 amide bonds. The summed E-state index contributed by atoms with van der Waals surface area (Å²) in [5, 5.41) is 12.5. The van der Waals surface area contributed by atoms with Crippen LogP contribution in [-0.2, 0) is 0 Å². The van der Waals surface area contributed by atoms with E-state index in [9.17, 15) is 0 Å².